The number of allylic oxidation sites excluding steroid dienone is 2. The largest absolute Gasteiger partial charge is 0.492 e. The molecule has 0 aromatic heterocycles. The molecule has 1 aliphatic carbocycles. The minimum absolute atomic E-state index is 0.361. The highest BCUT2D eigenvalue weighted by Gasteiger charge is 2.19. The van der Waals surface area contributed by atoms with Gasteiger partial charge < -0.3 is 15.4 Å². The second-order valence-electron chi connectivity index (χ2n) is 5.70. The van der Waals surface area contributed by atoms with Crippen LogP contribution in [0.25, 0.3) is 0 Å². The van der Waals surface area contributed by atoms with Crippen molar-refractivity contribution in [3.8, 4) is 0 Å². The van der Waals surface area contributed by atoms with Crippen LogP contribution in [0.4, 0.5) is 11.4 Å². The molecule has 0 atom stereocenters. The van der Waals surface area contributed by atoms with Crippen LogP contribution in [0.2, 0.25) is 0 Å². The Kier molecular flexibility index (Phi) is 4.89. The van der Waals surface area contributed by atoms with Gasteiger partial charge in [0.2, 0.25) is 0 Å². The lowest BCUT2D eigenvalue weighted by atomic mass is 10.0. The fraction of sp³-hybridized carbons (Fsp3) is 0.333. The molecule has 0 heterocycles. The highest BCUT2D eigenvalue weighted by Crippen LogP contribution is 2.28. The van der Waals surface area contributed by atoms with Gasteiger partial charge in [-0.05, 0) is 50.1 Å². The molecule has 0 amide bonds. The van der Waals surface area contributed by atoms with Gasteiger partial charge in [-0.25, -0.2) is 4.99 Å². The average Bonchev–Trinajstić information content (AvgIpc) is 2.50. The Labute approximate surface area is 137 Å². The van der Waals surface area contributed by atoms with E-state index in [1.54, 1.807) is 6.08 Å². The van der Waals surface area contributed by atoms with Gasteiger partial charge in [-0.3, -0.25) is 5.41 Å². The lowest BCUT2D eigenvalue weighted by molar-refractivity contribution is 0.249. The van der Waals surface area contributed by atoms with Gasteiger partial charge >= 0.3 is 0 Å². The molecule has 0 saturated carbocycles. The Morgan fingerprint density at radius 2 is 1.87 bits per heavy atom. The lowest BCUT2D eigenvalue weighted by Gasteiger charge is -2.23. The van der Waals surface area contributed by atoms with Crippen molar-refractivity contribution >= 4 is 22.8 Å². The van der Waals surface area contributed by atoms with E-state index in [4.69, 9.17) is 20.9 Å². The lowest BCUT2D eigenvalue weighted by Crippen LogP contribution is -2.24. The summed E-state index contributed by atoms with van der Waals surface area (Å²) in [7, 11) is 3.88. The van der Waals surface area contributed by atoms with Crippen LogP contribution in [0.5, 0.6) is 0 Å². The molecule has 0 radical (unpaired) electrons. The van der Waals surface area contributed by atoms with Gasteiger partial charge in [0.25, 0.3) is 0 Å². The number of anilines is 1. The number of ether oxygens (including phenoxy) is 1. The number of nitrogens with one attached hydrogen (secondary N) is 1. The summed E-state index contributed by atoms with van der Waals surface area (Å²) in [6.45, 7) is 6.44. The van der Waals surface area contributed by atoms with E-state index in [9.17, 15) is 0 Å². The average molecular weight is 312 g/mol. The molecule has 1 aliphatic rings. The quantitative estimate of drug-likeness (QED) is 0.661. The molecule has 0 aliphatic heterocycles. The first-order valence-electron chi connectivity index (χ1n) is 7.62. The van der Waals surface area contributed by atoms with Crippen LogP contribution in [-0.4, -0.2) is 37.0 Å². The predicted octanol–water partition coefficient (Wildman–Crippen LogP) is 3.36. The van der Waals surface area contributed by atoms with Crippen molar-refractivity contribution in [2.45, 2.75) is 20.8 Å². The number of nitrogens with zero attached hydrogens (tertiary/aromatic N) is 2. The third-order valence-corrected chi connectivity index (χ3v) is 3.90. The molecule has 3 N–H and O–H groups in total. The van der Waals surface area contributed by atoms with E-state index in [2.05, 4.69) is 0 Å². The van der Waals surface area contributed by atoms with E-state index in [1.807, 2.05) is 58.0 Å². The topological polar surface area (TPSA) is 74.7 Å². The van der Waals surface area contributed by atoms with Crippen LogP contribution in [0.15, 0.2) is 40.7 Å². The van der Waals surface area contributed by atoms with Crippen molar-refractivity contribution in [2.24, 2.45) is 4.99 Å². The number of hydrogen-bond donors (Lipinski definition) is 2. The summed E-state index contributed by atoms with van der Waals surface area (Å²) >= 11 is 0. The van der Waals surface area contributed by atoms with Crippen LogP contribution in [0.3, 0.4) is 0 Å². The highest BCUT2D eigenvalue weighted by molar-refractivity contribution is 6.22. The van der Waals surface area contributed by atoms with E-state index < -0.39 is 0 Å². The van der Waals surface area contributed by atoms with Gasteiger partial charge in [0.15, 0.2) is 0 Å². The summed E-state index contributed by atoms with van der Waals surface area (Å²) in [6, 6.07) is 3.80. The minimum atomic E-state index is 0.361. The zero-order chi connectivity index (χ0) is 17.1. The van der Waals surface area contributed by atoms with Crippen LogP contribution in [0.1, 0.15) is 18.1 Å². The normalized spacial score (nSPS) is 16.2. The number of hydrogen-bond acceptors (Lipinski definition) is 5. The molecule has 2 rings (SSSR count). The maximum absolute atomic E-state index is 8.08. The minimum Gasteiger partial charge on any atom is -0.492 e. The summed E-state index contributed by atoms with van der Waals surface area (Å²) in [5.41, 5.74) is 11.7. The van der Waals surface area contributed by atoms with E-state index in [-0.39, 0.29) is 0 Å². The summed E-state index contributed by atoms with van der Waals surface area (Å²) in [4.78, 5) is 6.74. The molecule has 0 saturated heterocycles. The molecule has 0 unspecified atom stereocenters. The number of nitrogen functional groups attached to an aromatic ring is 1. The molecule has 1 aromatic rings. The number of rotatable bonds is 4. The maximum Gasteiger partial charge on any atom is 0.146 e. The molecule has 122 valence electrons. The SMILES string of the molecule is CCOC1=C/C(=N\c2ccc(N)c(C)c2C)C(N(C)C)=CC1=N. The molecular weight excluding hydrogens is 288 g/mol. The van der Waals surface area contributed by atoms with Crippen molar-refractivity contribution in [3.63, 3.8) is 0 Å². The summed E-state index contributed by atoms with van der Waals surface area (Å²) in [5, 5.41) is 8.08. The number of aliphatic imine (C=N–C) groups is 1. The number of benzene rings is 1. The van der Waals surface area contributed by atoms with Gasteiger partial charge in [-0.15, -0.1) is 0 Å². The standard InChI is InChI=1S/C18H24N4O/c1-6-23-18-10-16(17(22(4)5)9-14(18)20)21-15-8-7-13(19)11(2)12(15)3/h7-10,20H,6,19H2,1-5H3/b20-14?,21-16+. The first-order valence-corrected chi connectivity index (χ1v) is 7.62. The summed E-state index contributed by atoms with van der Waals surface area (Å²) in [5.74, 6) is 0.543. The van der Waals surface area contributed by atoms with Crippen molar-refractivity contribution in [1.82, 2.24) is 4.90 Å². The summed E-state index contributed by atoms with van der Waals surface area (Å²) in [6.07, 6.45) is 3.61. The fourth-order valence-electron chi connectivity index (χ4n) is 2.36. The third-order valence-electron chi connectivity index (χ3n) is 3.90. The van der Waals surface area contributed by atoms with E-state index in [1.165, 1.54) is 0 Å². The van der Waals surface area contributed by atoms with Gasteiger partial charge in [0.1, 0.15) is 5.76 Å². The molecule has 0 fully saturated rings. The van der Waals surface area contributed by atoms with Gasteiger partial charge in [0, 0.05) is 25.9 Å². The molecule has 0 bridgehead atoms. The number of nitrogens with two attached hydrogens (primary N) is 1. The highest BCUT2D eigenvalue weighted by atomic mass is 16.5. The summed E-state index contributed by atoms with van der Waals surface area (Å²) < 4.78 is 5.54. The Balaban J connectivity index is 2.54. The Morgan fingerprint density at radius 1 is 1.17 bits per heavy atom. The van der Waals surface area contributed by atoms with Crippen LogP contribution in [-0.2, 0) is 4.74 Å². The Hall–Kier alpha value is -2.56. The van der Waals surface area contributed by atoms with Crippen LogP contribution in [0, 0.1) is 19.3 Å². The second-order valence-corrected chi connectivity index (χ2v) is 5.70. The zero-order valence-electron chi connectivity index (χ0n) is 14.4. The smallest absolute Gasteiger partial charge is 0.146 e. The van der Waals surface area contributed by atoms with E-state index in [0.717, 1.165) is 33.9 Å². The Morgan fingerprint density at radius 3 is 2.48 bits per heavy atom. The second kappa shape index (κ2) is 6.69. The monoisotopic (exact) mass is 312 g/mol. The van der Waals surface area contributed by atoms with Gasteiger partial charge in [0.05, 0.1) is 29.4 Å². The van der Waals surface area contributed by atoms with Crippen molar-refractivity contribution in [2.75, 3.05) is 26.4 Å². The van der Waals surface area contributed by atoms with E-state index in [0.29, 0.717) is 18.1 Å². The van der Waals surface area contributed by atoms with Gasteiger partial charge in [-0.1, -0.05) is 0 Å². The third kappa shape index (κ3) is 3.44. The van der Waals surface area contributed by atoms with Crippen LogP contribution < -0.4 is 5.73 Å². The molecule has 1 aromatic carbocycles. The molecule has 5 heteroatoms. The van der Waals surface area contributed by atoms with Crippen molar-refractivity contribution in [3.05, 3.63) is 46.9 Å². The maximum atomic E-state index is 8.08. The van der Waals surface area contributed by atoms with E-state index >= 15 is 0 Å². The van der Waals surface area contributed by atoms with Crippen molar-refractivity contribution in [1.29, 1.82) is 5.41 Å². The zero-order valence-corrected chi connectivity index (χ0v) is 14.4. The Bertz CT molecular complexity index is 727. The first-order chi connectivity index (χ1) is 10.8. The molecular formula is C18H24N4O. The predicted molar refractivity (Wildman–Crippen MR) is 96.6 cm³/mol. The first kappa shape index (κ1) is 16.8. The molecule has 0 spiro atoms. The van der Waals surface area contributed by atoms with Crippen molar-refractivity contribution < 1.29 is 4.74 Å². The van der Waals surface area contributed by atoms with Crippen LogP contribution >= 0.6 is 0 Å². The molecule has 5 nitrogen and oxygen atoms in total. The molecule has 23 heavy (non-hydrogen) atoms. The van der Waals surface area contributed by atoms with Gasteiger partial charge in [-0.2, -0.15) is 0 Å². The fourth-order valence-corrected chi connectivity index (χ4v) is 2.36.